The van der Waals surface area contributed by atoms with E-state index in [0.717, 1.165) is 0 Å². The van der Waals surface area contributed by atoms with Gasteiger partial charge in [0.1, 0.15) is 0 Å². The van der Waals surface area contributed by atoms with Crippen molar-refractivity contribution < 1.29 is 14.3 Å². The van der Waals surface area contributed by atoms with Gasteiger partial charge in [-0.1, -0.05) is 24.3 Å². The van der Waals surface area contributed by atoms with Gasteiger partial charge in [0.05, 0.1) is 13.0 Å². The molecule has 0 atom stereocenters. The Labute approximate surface area is 123 Å². The van der Waals surface area contributed by atoms with Crippen LogP contribution in [-0.2, 0) is 16.0 Å². The van der Waals surface area contributed by atoms with Crippen LogP contribution in [0.2, 0.25) is 0 Å². The van der Waals surface area contributed by atoms with Crippen molar-refractivity contribution in [3.8, 4) is 0 Å². The third-order valence-electron chi connectivity index (χ3n) is 2.87. The van der Waals surface area contributed by atoms with Gasteiger partial charge in [-0.05, 0) is 42.8 Å². The second-order valence-electron chi connectivity index (χ2n) is 4.39. The molecule has 4 nitrogen and oxygen atoms in total. The minimum atomic E-state index is -0.327. The van der Waals surface area contributed by atoms with Crippen molar-refractivity contribution in [3.63, 3.8) is 0 Å². The average Bonchev–Trinajstić information content (AvgIpc) is 2.50. The first-order valence-corrected chi connectivity index (χ1v) is 6.71. The predicted octanol–water partition coefficient (Wildman–Crippen LogP) is 2.84. The van der Waals surface area contributed by atoms with Crippen LogP contribution < -0.4 is 5.32 Å². The molecule has 2 rings (SSSR count). The van der Waals surface area contributed by atoms with Gasteiger partial charge in [-0.15, -0.1) is 0 Å². The van der Waals surface area contributed by atoms with Crippen molar-refractivity contribution in [3.05, 3.63) is 65.7 Å². The summed E-state index contributed by atoms with van der Waals surface area (Å²) in [6, 6.07) is 16.9. The molecule has 0 spiro atoms. The first-order valence-electron chi connectivity index (χ1n) is 6.71. The summed E-state index contributed by atoms with van der Waals surface area (Å²) in [4.78, 5) is 23.7. The van der Waals surface area contributed by atoms with Crippen LogP contribution in [0.3, 0.4) is 0 Å². The van der Waals surface area contributed by atoms with E-state index in [9.17, 15) is 9.59 Å². The summed E-state index contributed by atoms with van der Waals surface area (Å²) in [5.74, 6) is -0.542. The summed E-state index contributed by atoms with van der Waals surface area (Å²) < 4.78 is 4.92. The van der Waals surface area contributed by atoms with Gasteiger partial charge in [0, 0.05) is 11.3 Å². The molecule has 0 bridgehead atoms. The summed E-state index contributed by atoms with van der Waals surface area (Å²) in [5.41, 5.74) is 1.84. The Balaban J connectivity index is 2.13. The number of rotatable bonds is 5. The molecular weight excluding hydrogens is 266 g/mol. The zero-order chi connectivity index (χ0) is 15.1. The van der Waals surface area contributed by atoms with Gasteiger partial charge in [-0.2, -0.15) is 0 Å². The normalized spacial score (nSPS) is 9.95. The molecular formula is C17H16NO3. The molecule has 1 N–H and O–H groups in total. The van der Waals surface area contributed by atoms with Gasteiger partial charge in [0.25, 0.3) is 5.91 Å². The van der Waals surface area contributed by atoms with Gasteiger partial charge in [-0.25, -0.2) is 0 Å². The fraction of sp³-hybridized carbons (Fsp3) is 0.176. The molecule has 4 heteroatoms. The Morgan fingerprint density at radius 3 is 2.67 bits per heavy atom. The number of benzene rings is 2. The van der Waals surface area contributed by atoms with Crippen LogP contribution in [0.1, 0.15) is 22.8 Å². The van der Waals surface area contributed by atoms with E-state index in [0.29, 0.717) is 23.4 Å². The van der Waals surface area contributed by atoms with E-state index in [4.69, 9.17) is 4.74 Å². The fourth-order valence-corrected chi connectivity index (χ4v) is 1.88. The van der Waals surface area contributed by atoms with Crippen molar-refractivity contribution in [2.75, 3.05) is 11.9 Å². The van der Waals surface area contributed by atoms with Crippen LogP contribution in [0.25, 0.3) is 0 Å². The zero-order valence-corrected chi connectivity index (χ0v) is 11.8. The maximum Gasteiger partial charge on any atom is 0.310 e. The molecule has 2 aromatic carbocycles. The topological polar surface area (TPSA) is 55.4 Å². The number of nitrogens with one attached hydrogen (secondary N) is 1. The molecule has 0 saturated carbocycles. The second kappa shape index (κ2) is 7.24. The van der Waals surface area contributed by atoms with Crippen LogP contribution >= 0.6 is 0 Å². The minimum absolute atomic E-state index is 0.107. The van der Waals surface area contributed by atoms with Crippen molar-refractivity contribution in [1.82, 2.24) is 0 Å². The lowest BCUT2D eigenvalue weighted by Gasteiger charge is -2.10. The maximum atomic E-state index is 12.1. The van der Waals surface area contributed by atoms with E-state index in [1.165, 1.54) is 0 Å². The van der Waals surface area contributed by atoms with Crippen LogP contribution in [0.15, 0.2) is 48.5 Å². The standard InChI is InChI=1S/C17H16NO3/c1-2-21-16(19)12-14-10-6-7-11-15(14)18-17(20)13-8-4-3-5-9-13/h3-5,7-11H,2,12H2,1H3,(H,18,20). The summed E-state index contributed by atoms with van der Waals surface area (Å²) in [6.45, 7) is 2.09. The van der Waals surface area contributed by atoms with Gasteiger partial charge in [0.15, 0.2) is 0 Å². The SMILES string of the molecule is CCOC(=O)Cc1c[c]ccc1NC(=O)c1ccccc1. The summed E-state index contributed by atoms with van der Waals surface area (Å²) in [6.07, 6.45) is 0.107. The molecule has 2 aromatic rings. The molecule has 0 aliphatic rings. The monoisotopic (exact) mass is 282 g/mol. The smallest absolute Gasteiger partial charge is 0.310 e. The van der Waals surface area contributed by atoms with E-state index in [-0.39, 0.29) is 18.3 Å². The van der Waals surface area contributed by atoms with Gasteiger partial charge >= 0.3 is 5.97 Å². The molecule has 0 fully saturated rings. The molecule has 107 valence electrons. The lowest BCUT2D eigenvalue weighted by Crippen LogP contribution is -2.15. The largest absolute Gasteiger partial charge is 0.466 e. The number of hydrogen-bond donors (Lipinski definition) is 1. The van der Waals surface area contributed by atoms with E-state index in [1.54, 1.807) is 49.4 Å². The third kappa shape index (κ3) is 4.18. The van der Waals surface area contributed by atoms with E-state index < -0.39 is 0 Å². The van der Waals surface area contributed by atoms with Gasteiger partial charge < -0.3 is 10.1 Å². The van der Waals surface area contributed by atoms with Crippen molar-refractivity contribution in [1.29, 1.82) is 0 Å². The van der Waals surface area contributed by atoms with Crippen LogP contribution in [0.4, 0.5) is 5.69 Å². The highest BCUT2D eigenvalue weighted by molar-refractivity contribution is 6.04. The molecule has 0 aromatic heterocycles. The lowest BCUT2D eigenvalue weighted by molar-refractivity contribution is -0.142. The number of carbonyl (C=O) groups is 2. The Kier molecular flexibility index (Phi) is 5.10. The van der Waals surface area contributed by atoms with E-state index in [1.807, 2.05) is 6.07 Å². The maximum absolute atomic E-state index is 12.1. The highest BCUT2D eigenvalue weighted by atomic mass is 16.5. The quantitative estimate of drug-likeness (QED) is 0.858. The number of amides is 1. The molecule has 0 aliphatic carbocycles. The molecule has 0 saturated heterocycles. The first kappa shape index (κ1) is 14.8. The molecule has 0 unspecified atom stereocenters. The third-order valence-corrected chi connectivity index (χ3v) is 2.87. The number of anilines is 1. The van der Waals surface area contributed by atoms with Gasteiger partial charge in [0.2, 0.25) is 0 Å². The summed E-state index contributed by atoms with van der Waals surface area (Å²) in [7, 11) is 0. The Hall–Kier alpha value is -2.62. The Morgan fingerprint density at radius 2 is 1.95 bits per heavy atom. The number of ether oxygens (including phenoxy) is 1. The highest BCUT2D eigenvalue weighted by Gasteiger charge is 2.11. The minimum Gasteiger partial charge on any atom is -0.466 e. The Bertz CT molecular complexity index is 623. The summed E-state index contributed by atoms with van der Waals surface area (Å²) in [5, 5.41) is 2.81. The molecule has 21 heavy (non-hydrogen) atoms. The highest BCUT2D eigenvalue weighted by Crippen LogP contribution is 2.17. The summed E-state index contributed by atoms with van der Waals surface area (Å²) >= 11 is 0. The number of esters is 1. The van der Waals surface area contributed by atoms with Crippen LogP contribution in [-0.4, -0.2) is 18.5 Å². The zero-order valence-electron chi connectivity index (χ0n) is 11.8. The van der Waals surface area contributed by atoms with Crippen LogP contribution in [0.5, 0.6) is 0 Å². The predicted molar refractivity (Wildman–Crippen MR) is 80.0 cm³/mol. The molecule has 0 heterocycles. The second-order valence-corrected chi connectivity index (χ2v) is 4.39. The van der Waals surface area contributed by atoms with Crippen LogP contribution in [0, 0.1) is 6.07 Å². The number of carbonyl (C=O) groups excluding carboxylic acids is 2. The van der Waals surface area contributed by atoms with E-state index >= 15 is 0 Å². The Morgan fingerprint density at radius 1 is 1.19 bits per heavy atom. The fourth-order valence-electron chi connectivity index (χ4n) is 1.88. The van der Waals surface area contributed by atoms with Crippen molar-refractivity contribution >= 4 is 17.6 Å². The van der Waals surface area contributed by atoms with Crippen molar-refractivity contribution in [2.45, 2.75) is 13.3 Å². The van der Waals surface area contributed by atoms with Gasteiger partial charge in [-0.3, -0.25) is 9.59 Å². The van der Waals surface area contributed by atoms with Crippen molar-refractivity contribution in [2.24, 2.45) is 0 Å². The molecule has 0 aliphatic heterocycles. The average molecular weight is 282 g/mol. The first-order chi connectivity index (χ1) is 10.2. The van der Waals surface area contributed by atoms with E-state index in [2.05, 4.69) is 11.4 Å². The lowest BCUT2D eigenvalue weighted by atomic mass is 10.1. The molecule has 1 radical (unpaired) electrons. The number of hydrogen-bond acceptors (Lipinski definition) is 3. The molecule has 1 amide bonds.